The van der Waals surface area contributed by atoms with Gasteiger partial charge in [-0.1, -0.05) is 81.5 Å². The van der Waals surface area contributed by atoms with Gasteiger partial charge in [-0.15, -0.1) is 0 Å². The van der Waals surface area contributed by atoms with Crippen LogP contribution in [0.2, 0.25) is 0 Å². The first-order valence-corrected chi connectivity index (χ1v) is 11.4. The fraction of sp³-hybridized carbons (Fsp3) is 0.194. The topological polar surface area (TPSA) is 24.1 Å². The third-order valence-electron chi connectivity index (χ3n) is 6.14. The van der Waals surface area contributed by atoms with E-state index in [4.69, 9.17) is 0 Å². The highest BCUT2D eigenvalue weighted by molar-refractivity contribution is 5.82. The number of aromatic nitrogens is 1. The third kappa shape index (κ3) is 5.76. The first-order valence-electron chi connectivity index (χ1n) is 11.4. The van der Waals surface area contributed by atoms with Crippen molar-refractivity contribution in [3.63, 3.8) is 0 Å². The van der Waals surface area contributed by atoms with Gasteiger partial charge in [0.05, 0.1) is 5.56 Å². The maximum atomic E-state index is 9.60. The number of nitrogens with zero attached hydrogens (tertiary/aromatic N) is 1. The van der Waals surface area contributed by atoms with Crippen LogP contribution in [0.4, 0.5) is 0 Å². The summed E-state index contributed by atoms with van der Waals surface area (Å²) in [6.45, 7) is 8.88. The van der Waals surface area contributed by atoms with Gasteiger partial charge in [-0.25, -0.2) is 4.57 Å². The molecule has 0 saturated carbocycles. The first kappa shape index (κ1) is 25.7. The molecule has 0 atom stereocenters. The molecule has 4 rings (SSSR count). The Labute approximate surface area is 220 Å². The first-order chi connectivity index (χ1) is 15.7. The van der Waals surface area contributed by atoms with Crippen LogP contribution in [0.1, 0.15) is 43.0 Å². The van der Waals surface area contributed by atoms with Crippen molar-refractivity contribution in [2.24, 2.45) is 7.05 Å². The highest BCUT2D eigenvalue weighted by atomic mass is 127. The molecule has 4 aromatic rings. The normalized spacial score (nSPS) is 11.4. The number of benzene rings is 3. The summed E-state index contributed by atoms with van der Waals surface area (Å²) in [7, 11) is 2.11. The number of halogens is 1. The quantitative estimate of drug-likeness (QED) is 0.291. The predicted molar refractivity (Wildman–Crippen MR) is 139 cm³/mol. The second kappa shape index (κ2) is 10.6. The lowest BCUT2D eigenvalue weighted by Gasteiger charge is -2.19. The smallest absolute Gasteiger partial charge is 0.212 e. The summed E-state index contributed by atoms with van der Waals surface area (Å²) in [5.74, 6) is 0.278. The Morgan fingerprint density at radius 2 is 1.44 bits per heavy atom. The number of aryl methyl sites for hydroxylation is 2. The third-order valence-corrected chi connectivity index (χ3v) is 6.14. The molecule has 2 nitrogen and oxygen atoms in total. The lowest BCUT2D eigenvalue weighted by atomic mass is 9.86. The average Bonchev–Trinajstić information content (AvgIpc) is 2.79. The van der Waals surface area contributed by atoms with Crippen molar-refractivity contribution in [3.8, 4) is 28.1 Å². The molecule has 0 saturated heterocycles. The van der Waals surface area contributed by atoms with Crippen LogP contribution in [-0.2, 0) is 12.5 Å². The molecule has 3 heteroatoms. The molecule has 0 unspecified atom stereocenters. The predicted octanol–water partition coefficient (Wildman–Crippen LogP) is 4.33. The van der Waals surface area contributed by atoms with Crippen molar-refractivity contribution < 1.29 is 33.7 Å². The molecule has 0 aliphatic rings. The Morgan fingerprint density at radius 1 is 0.794 bits per heavy atom. The van der Waals surface area contributed by atoms with Crippen molar-refractivity contribution in [1.29, 1.82) is 0 Å². The van der Waals surface area contributed by atoms with Gasteiger partial charge in [-0.2, -0.15) is 0 Å². The number of phenols is 1. The van der Waals surface area contributed by atoms with Crippen LogP contribution < -0.4 is 28.5 Å². The maximum Gasteiger partial charge on any atom is 0.212 e. The van der Waals surface area contributed by atoms with E-state index in [0.717, 1.165) is 16.8 Å². The summed E-state index contributed by atoms with van der Waals surface area (Å²) in [5, 5.41) is 9.60. The van der Waals surface area contributed by atoms with Crippen molar-refractivity contribution in [2.45, 2.75) is 33.1 Å². The molecule has 0 aliphatic carbocycles. The Bertz CT molecular complexity index is 1300. The second-order valence-corrected chi connectivity index (χ2v) is 9.71. The van der Waals surface area contributed by atoms with Crippen LogP contribution in [0, 0.1) is 6.92 Å². The van der Waals surface area contributed by atoms with E-state index in [0.29, 0.717) is 0 Å². The SMILES string of the molecule is Cc1ccccc1-c1c[n+](C)c(-c2ccc(C(C)(C)C)cc2)cc1/C=C/c1ccc(O)cc1.[I-]. The maximum absolute atomic E-state index is 9.60. The van der Waals surface area contributed by atoms with E-state index in [9.17, 15) is 5.11 Å². The van der Waals surface area contributed by atoms with Gasteiger partial charge < -0.3 is 29.1 Å². The number of aromatic hydroxyl groups is 1. The summed E-state index contributed by atoms with van der Waals surface area (Å²) >= 11 is 0. The molecule has 34 heavy (non-hydrogen) atoms. The van der Waals surface area contributed by atoms with E-state index in [2.05, 4.69) is 112 Å². The molecule has 0 radical (unpaired) electrons. The molecule has 0 fully saturated rings. The fourth-order valence-electron chi connectivity index (χ4n) is 4.10. The second-order valence-electron chi connectivity index (χ2n) is 9.71. The number of rotatable bonds is 4. The molecular formula is C31H32INO. The highest BCUT2D eigenvalue weighted by Crippen LogP contribution is 2.31. The van der Waals surface area contributed by atoms with Gasteiger partial charge in [0.2, 0.25) is 5.69 Å². The van der Waals surface area contributed by atoms with Gasteiger partial charge in [0.25, 0.3) is 0 Å². The molecule has 0 aliphatic heterocycles. The summed E-state index contributed by atoms with van der Waals surface area (Å²) in [6, 6.07) is 27.0. The van der Waals surface area contributed by atoms with Gasteiger partial charge in [-0.3, -0.25) is 0 Å². The minimum Gasteiger partial charge on any atom is -1.00 e. The monoisotopic (exact) mass is 561 g/mol. The molecule has 0 spiro atoms. The van der Waals surface area contributed by atoms with Crippen LogP contribution in [0.5, 0.6) is 5.75 Å². The summed E-state index contributed by atoms with van der Waals surface area (Å²) < 4.78 is 2.21. The minimum atomic E-state index is 0. The summed E-state index contributed by atoms with van der Waals surface area (Å²) in [4.78, 5) is 0. The van der Waals surface area contributed by atoms with Gasteiger partial charge in [0, 0.05) is 11.6 Å². The van der Waals surface area contributed by atoms with Gasteiger partial charge in [0.1, 0.15) is 12.8 Å². The van der Waals surface area contributed by atoms with Gasteiger partial charge in [-0.05, 0) is 64.4 Å². The van der Waals surface area contributed by atoms with Crippen LogP contribution in [0.3, 0.4) is 0 Å². The van der Waals surface area contributed by atoms with Crippen molar-refractivity contribution in [2.75, 3.05) is 0 Å². The molecule has 3 aromatic carbocycles. The molecule has 174 valence electrons. The molecule has 0 bridgehead atoms. The van der Waals surface area contributed by atoms with E-state index < -0.39 is 0 Å². The molecule has 1 aromatic heterocycles. The molecule has 0 amide bonds. The Kier molecular flexibility index (Phi) is 7.98. The molecule has 1 heterocycles. The summed E-state index contributed by atoms with van der Waals surface area (Å²) in [5.41, 5.74) is 9.70. The number of hydrogen-bond donors (Lipinski definition) is 1. The largest absolute Gasteiger partial charge is 1.00 e. The lowest BCUT2D eigenvalue weighted by molar-refractivity contribution is -0.659. The lowest BCUT2D eigenvalue weighted by Crippen LogP contribution is -3.00. The van der Waals surface area contributed by atoms with E-state index in [-0.39, 0.29) is 35.1 Å². The number of phenolic OH excluding ortho intramolecular Hbond substituents is 1. The minimum absolute atomic E-state index is 0. The highest BCUT2D eigenvalue weighted by Gasteiger charge is 2.18. The van der Waals surface area contributed by atoms with Crippen LogP contribution in [0.25, 0.3) is 34.5 Å². The molecular weight excluding hydrogens is 529 g/mol. The van der Waals surface area contributed by atoms with Crippen molar-refractivity contribution in [1.82, 2.24) is 0 Å². The Balaban J connectivity index is 0.00000324. The molecule has 1 N–H and O–H groups in total. The van der Waals surface area contributed by atoms with Gasteiger partial charge >= 0.3 is 0 Å². The average molecular weight is 562 g/mol. The summed E-state index contributed by atoms with van der Waals surface area (Å²) in [6.07, 6.45) is 6.50. The van der Waals surface area contributed by atoms with Crippen LogP contribution in [-0.4, -0.2) is 5.11 Å². The van der Waals surface area contributed by atoms with E-state index >= 15 is 0 Å². The van der Waals surface area contributed by atoms with Crippen LogP contribution >= 0.6 is 0 Å². The van der Waals surface area contributed by atoms with E-state index in [1.54, 1.807) is 12.1 Å². The van der Waals surface area contributed by atoms with Crippen molar-refractivity contribution in [3.05, 3.63) is 107 Å². The van der Waals surface area contributed by atoms with E-state index in [1.165, 1.54) is 27.8 Å². The Morgan fingerprint density at radius 3 is 2.06 bits per heavy atom. The Hall–Kier alpha value is -2.92. The fourth-order valence-corrected chi connectivity index (χ4v) is 4.10. The van der Waals surface area contributed by atoms with Gasteiger partial charge in [0.15, 0.2) is 6.20 Å². The number of hydrogen-bond acceptors (Lipinski definition) is 1. The standard InChI is InChI=1S/C31H31NO.HI/c1-22-8-6-7-9-28(22)29-21-32(5)30(24-14-16-26(17-15-24)31(2,3)4)20-25(29)13-10-23-11-18-27(33)19-12-23;/h6-21H,1-5H3;1H. The zero-order valence-corrected chi connectivity index (χ0v) is 22.7. The zero-order chi connectivity index (χ0) is 23.6. The van der Waals surface area contributed by atoms with Crippen LogP contribution in [0.15, 0.2) is 85.1 Å². The zero-order valence-electron chi connectivity index (χ0n) is 20.5. The van der Waals surface area contributed by atoms with E-state index in [1.807, 2.05) is 12.1 Å². The van der Waals surface area contributed by atoms with Crippen molar-refractivity contribution >= 4 is 12.2 Å². The number of pyridine rings is 1.